The first-order chi connectivity index (χ1) is 12.1. The van der Waals surface area contributed by atoms with E-state index in [0.717, 1.165) is 31.6 Å². The van der Waals surface area contributed by atoms with Crippen molar-refractivity contribution >= 4 is 17.8 Å². The highest BCUT2D eigenvalue weighted by Gasteiger charge is 2.17. The number of carbonyl (C=O) groups excluding carboxylic acids is 1. The Morgan fingerprint density at radius 2 is 1.68 bits per heavy atom. The monoisotopic (exact) mass is 338 g/mol. The Balaban J connectivity index is 0.000000399. The highest BCUT2D eigenvalue weighted by atomic mass is 16.4. The van der Waals surface area contributed by atoms with Crippen LogP contribution in [0.4, 0.5) is 0 Å². The fourth-order valence-corrected chi connectivity index (χ4v) is 2.79. The van der Waals surface area contributed by atoms with Gasteiger partial charge in [0.15, 0.2) is 0 Å². The zero-order valence-corrected chi connectivity index (χ0v) is 14.3. The fourth-order valence-electron chi connectivity index (χ4n) is 2.79. The SMILES string of the molecule is CN1CCC(=C(c2ccccc2)c2ccccn2)CC1.O=CC(=O)O. The third-order valence-electron chi connectivity index (χ3n) is 4.03. The summed E-state index contributed by atoms with van der Waals surface area (Å²) in [6.45, 7) is 2.27. The predicted octanol–water partition coefficient (Wildman–Crippen LogP) is 2.88. The zero-order valence-electron chi connectivity index (χ0n) is 14.3. The predicted molar refractivity (Wildman–Crippen MR) is 97.1 cm³/mol. The van der Waals surface area contributed by atoms with Crippen molar-refractivity contribution in [3.63, 3.8) is 0 Å². The number of likely N-dealkylation sites (tertiary alicyclic amines) is 1. The number of nitrogens with zero attached hydrogens (tertiary/aromatic N) is 2. The van der Waals surface area contributed by atoms with Gasteiger partial charge in [-0.25, -0.2) is 4.79 Å². The number of rotatable bonds is 3. The smallest absolute Gasteiger partial charge is 0.368 e. The maximum Gasteiger partial charge on any atom is 0.368 e. The summed E-state index contributed by atoms with van der Waals surface area (Å²) in [5.74, 6) is -1.43. The second kappa shape index (κ2) is 9.49. The van der Waals surface area contributed by atoms with Gasteiger partial charge in [0.05, 0.1) is 5.69 Å². The van der Waals surface area contributed by atoms with Crippen molar-refractivity contribution in [2.24, 2.45) is 0 Å². The maximum absolute atomic E-state index is 9.00. The second-order valence-corrected chi connectivity index (χ2v) is 5.82. The molecule has 1 saturated heterocycles. The van der Waals surface area contributed by atoms with Crippen molar-refractivity contribution in [1.82, 2.24) is 9.88 Å². The van der Waals surface area contributed by atoms with Gasteiger partial charge in [-0.05, 0) is 37.6 Å². The van der Waals surface area contributed by atoms with Crippen LogP contribution in [-0.2, 0) is 9.59 Å². The Kier molecular flexibility index (Phi) is 7.04. The normalized spacial score (nSPS) is 14.2. The number of benzene rings is 1. The quantitative estimate of drug-likeness (QED) is 0.688. The Morgan fingerprint density at radius 3 is 2.20 bits per heavy atom. The van der Waals surface area contributed by atoms with Gasteiger partial charge >= 0.3 is 5.97 Å². The molecule has 0 spiro atoms. The average Bonchev–Trinajstić information content (AvgIpc) is 2.66. The van der Waals surface area contributed by atoms with E-state index in [1.807, 2.05) is 12.3 Å². The molecule has 1 aromatic heterocycles. The van der Waals surface area contributed by atoms with E-state index >= 15 is 0 Å². The Hall–Kier alpha value is -2.79. The molecule has 1 N–H and O–H groups in total. The van der Waals surface area contributed by atoms with Crippen molar-refractivity contribution in [2.45, 2.75) is 12.8 Å². The number of aldehydes is 1. The van der Waals surface area contributed by atoms with Gasteiger partial charge in [-0.15, -0.1) is 0 Å². The molecule has 0 radical (unpaired) electrons. The first-order valence-electron chi connectivity index (χ1n) is 8.17. The van der Waals surface area contributed by atoms with Gasteiger partial charge in [-0.3, -0.25) is 9.78 Å². The van der Waals surface area contributed by atoms with Gasteiger partial charge in [0.1, 0.15) is 0 Å². The minimum atomic E-state index is -1.43. The zero-order chi connectivity index (χ0) is 18.1. The molecule has 3 rings (SSSR count). The van der Waals surface area contributed by atoms with E-state index in [1.165, 1.54) is 16.7 Å². The Morgan fingerprint density at radius 1 is 1.08 bits per heavy atom. The number of carbonyl (C=O) groups is 2. The molecule has 1 fully saturated rings. The number of hydrogen-bond acceptors (Lipinski definition) is 4. The van der Waals surface area contributed by atoms with Crippen LogP contribution in [0.15, 0.2) is 60.3 Å². The third kappa shape index (κ3) is 5.65. The van der Waals surface area contributed by atoms with E-state index in [2.05, 4.69) is 59.4 Å². The summed E-state index contributed by atoms with van der Waals surface area (Å²) >= 11 is 0. The Bertz CT molecular complexity index is 676. The first kappa shape index (κ1) is 18.5. The molecule has 5 nitrogen and oxygen atoms in total. The maximum atomic E-state index is 9.00. The van der Waals surface area contributed by atoms with Crippen LogP contribution < -0.4 is 0 Å². The van der Waals surface area contributed by atoms with Crippen molar-refractivity contribution in [3.8, 4) is 0 Å². The van der Waals surface area contributed by atoms with Crippen LogP contribution in [-0.4, -0.2) is 47.4 Å². The van der Waals surface area contributed by atoms with Crippen LogP contribution in [0.3, 0.4) is 0 Å². The van der Waals surface area contributed by atoms with Crippen LogP contribution in [0.5, 0.6) is 0 Å². The molecule has 0 atom stereocenters. The highest BCUT2D eigenvalue weighted by Crippen LogP contribution is 2.30. The fraction of sp³-hybridized carbons (Fsp3) is 0.250. The molecule has 1 aromatic carbocycles. The molecule has 1 aliphatic rings. The minimum absolute atomic E-state index is 0.167. The number of piperidine rings is 1. The van der Waals surface area contributed by atoms with Crippen LogP contribution in [0.25, 0.3) is 5.57 Å². The molecular formula is C20H22N2O3. The molecule has 1 aliphatic heterocycles. The number of aromatic nitrogens is 1. The van der Waals surface area contributed by atoms with Gasteiger partial charge < -0.3 is 10.0 Å². The van der Waals surface area contributed by atoms with Crippen LogP contribution in [0.2, 0.25) is 0 Å². The molecule has 5 heteroatoms. The van der Waals surface area contributed by atoms with Crippen molar-refractivity contribution in [1.29, 1.82) is 0 Å². The van der Waals surface area contributed by atoms with E-state index in [4.69, 9.17) is 14.7 Å². The van der Waals surface area contributed by atoms with E-state index in [-0.39, 0.29) is 6.29 Å². The van der Waals surface area contributed by atoms with E-state index < -0.39 is 5.97 Å². The largest absolute Gasteiger partial charge is 0.476 e. The van der Waals surface area contributed by atoms with Gasteiger partial charge in [0.2, 0.25) is 6.29 Å². The molecule has 0 bridgehead atoms. The summed E-state index contributed by atoms with van der Waals surface area (Å²) in [7, 11) is 2.19. The Labute approximate surface area is 147 Å². The van der Waals surface area contributed by atoms with Gasteiger partial charge in [-0.1, -0.05) is 42.0 Å². The molecule has 0 saturated carbocycles. The molecule has 25 heavy (non-hydrogen) atoms. The molecule has 0 amide bonds. The molecular weight excluding hydrogens is 316 g/mol. The van der Waals surface area contributed by atoms with Crippen LogP contribution in [0, 0.1) is 0 Å². The summed E-state index contributed by atoms with van der Waals surface area (Å²) in [5, 5.41) is 7.35. The topological polar surface area (TPSA) is 70.5 Å². The molecule has 2 heterocycles. The summed E-state index contributed by atoms with van der Waals surface area (Å²) in [6.07, 6.45) is 3.99. The molecule has 130 valence electrons. The first-order valence-corrected chi connectivity index (χ1v) is 8.17. The highest BCUT2D eigenvalue weighted by molar-refractivity contribution is 6.19. The van der Waals surface area contributed by atoms with Crippen LogP contribution in [0.1, 0.15) is 24.1 Å². The standard InChI is InChI=1S/C18H20N2.C2H2O3/c1-20-13-10-16(11-14-20)18(15-7-3-2-4-8-15)17-9-5-6-12-19-17;3-1-2(4)5/h2-9,12H,10-11,13-14H2,1H3;1H,(H,4,5). The lowest BCUT2D eigenvalue weighted by molar-refractivity contribution is -0.143. The van der Waals surface area contributed by atoms with Gasteiger partial charge in [0.25, 0.3) is 0 Å². The number of carboxylic acids is 1. The van der Waals surface area contributed by atoms with E-state index in [0.29, 0.717) is 0 Å². The summed E-state index contributed by atoms with van der Waals surface area (Å²) < 4.78 is 0. The number of carboxylic acid groups (broad SMARTS) is 1. The van der Waals surface area contributed by atoms with E-state index in [1.54, 1.807) is 0 Å². The van der Waals surface area contributed by atoms with Crippen LogP contribution >= 0.6 is 0 Å². The molecule has 0 unspecified atom stereocenters. The lowest BCUT2D eigenvalue weighted by atomic mass is 9.91. The lowest BCUT2D eigenvalue weighted by Gasteiger charge is -2.26. The molecule has 2 aromatic rings. The van der Waals surface area contributed by atoms with Crippen molar-refractivity contribution in [2.75, 3.05) is 20.1 Å². The van der Waals surface area contributed by atoms with Gasteiger partial charge in [0, 0.05) is 24.9 Å². The second-order valence-electron chi connectivity index (χ2n) is 5.82. The van der Waals surface area contributed by atoms with Crippen molar-refractivity contribution < 1.29 is 14.7 Å². The van der Waals surface area contributed by atoms with Gasteiger partial charge in [-0.2, -0.15) is 0 Å². The lowest BCUT2D eigenvalue weighted by Crippen LogP contribution is -2.27. The third-order valence-corrected chi connectivity index (χ3v) is 4.03. The van der Waals surface area contributed by atoms with Crippen molar-refractivity contribution in [3.05, 3.63) is 71.6 Å². The summed E-state index contributed by atoms with van der Waals surface area (Å²) in [6, 6.07) is 16.8. The number of pyridine rings is 1. The van der Waals surface area contributed by atoms with E-state index in [9.17, 15) is 0 Å². The summed E-state index contributed by atoms with van der Waals surface area (Å²) in [4.78, 5) is 24.9. The average molecular weight is 338 g/mol. The summed E-state index contributed by atoms with van der Waals surface area (Å²) in [5.41, 5.74) is 5.25. The number of hydrogen-bond donors (Lipinski definition) is 1. The minimum Gasteiger partial charge on any atom is -0.476 e. The molecule has 0 aliphatic carbocycles. The number of aliphatic carboxylic acids is 1.